The van der Waals surface area contributed by atoms with Crippen molar-refractivity contribution in [2.24, 2.45) is 0 Å². The van der Waals surface area contributed by atoms with Crippen LogP contribution in [0.3, 0.4) is 0 Å². The second kappa shape index (κ2) is 11.1. The molecule has 192 valence electrons. The van der Waals surface area contributed by atoms with Gasteiger partial charge in [-0.1, -0.05) is 17.4 Å². The van der Waals surface area contributed by atoms with Crippen molar-refractivity contribution in [3.8, 4) is 0 Å². The van der Waals surface area contributed by atoms with Crippen LogP contribution in [0.15, 0.2) is 48.7 Å². The molecular formula is C25H25F2N7O2S. The van der Waals surface area contributed by atoms with Gasteiger partial charge in [0.1, 0.15) is 22.0 Å². The third-order valence-electron chi connectivity index (χ3n) is 5.96. The number of hydrogen-bond donors (Lipinski definition) is 2. The summed E-state index contributed by atoms with van der Waals surface area (Å²) in [4.78, 5) is 30.2. The molecule has 0 unspecified atom stereocenters. The average Bonchev–Trinajstić information content (AvgIpc) is 3.32. The molecule has 37 heavy (non-hydrogen) atoms. The van der Waals surface area contributed by atoms with E-state index < -0.39 is 11.6 Å². The van der Waals surface area contributed by atoms with Crippen LogP contribution in [0.2, 0.25) is 0 Å². The van der Waals surface area contributed by atoms with Crippen LogP contribution < -0.4 is 15.5 Å². The molecule has 4 heterocycles. The van der Waals surface area contributed by atoms with Gasteiger partial charge in [-0.2, -0.15) is 0 Å². The lowest BCUT2D eigenvalue weighted by molar-refractivity contribution is 0.0383. The number of thiazole rings is 1. The van der Waals surface area contributed by atoms with Crippen LogP contribution in [0.5, 0.6) is 0 Å². The molecule has 0 saturated carbocycles. The first-order chi connectivity index (χ1) is 18.0. The van der Waals surface area contributed by atoms with Crippen LogP contribution in [0, 0.1) is 11.6 Å². The molecule has 0 spiro atoms. The number of carbonyl (C=O) groups is 1. The van der Waals surface area contributed by atoms with Gasteiger partial charge in [-0.3, -0.25) is 9.69 Å². The first kappa shape index (κ1) is 24.9. The lowest BCUT2D eigenvalue weighted by Crippen LogP contribution is -2.41. The summed E-state index contributed by atoms with van der Waals surface area (Å²) in [5.74, 6) is -1.04. The van der Waals surface area contributed by atoms with Crippen LogP contribution in [0.25, 0.3) is 10.3 Å². The highest BCUT2D eigenvalue weighted by atomic mass is 32.1. The van der Waals surface area contributed by atoms with Gasteiger partial charge in [0.05, 0.1) is 24.5 Å². The first-order valence-corrected chi connectivity index (χ1v) is 12.6. The zero-order chi connectivity index (χ0) is 25.8. The van der Waals surface area contributed by atoms with E-state index in [1.165, 1.54) is 34.6 Å². The molecule has 0 atom stereocenters. The third-order valence-corrected chi connectivity index (χ3v) is 6.84. The molecule has 9 nitrogen and oxygen atoms in total. The van der Waals surface area contributed by atoms with Crippen molar-refractivity contribution in [1.82, 2.24) is 25.2 Å². The Morgan fingerprint density at radius 2 is 1.97 bits per heavy atom. The zero-order valence-corrected chi connectivity index (χ0v) is 20.9. The molecule has 4 aromatic rings. The normalized spacial score (nSPS) is 14.0. The quantitative estimate of drug-likeness (QED) is 0.357. The molecule has 3 aromatic heterocycles. The number of halogens is 2. The molecule has 0 aliphatic carbocycles. The van der Waals surface area contributed by atoms with Crippen molar-refractivity contribution in [3.05, 3.63) is 65.9 Å². The molecule has 0 bridgehead atoms. The van der Waals surface area contributed by atoms with Crippen molar-refractivity contribution in [3.63, 3.8) is 0 Å². The van der Waals surface area contributed by atoms with Gasteiger partial charge in [-0.15, -0.1) is 0 Å². The summed E-state index contributed by atoms with van der Waals surface area (Å²) in [6, 6.07) is 10.9. The van der Waals surface area contributed by atoms with Gasteiger partial charge in [0.25, 0.3) is 5.91 Å². The number of aromatic nitrogens is 3. The fraction of sp³-hybridized carbons (Fsp3) is 0.280. The Balaban J connectivity index is 1.21. The number of benzene rings is 1. The van der Waals surface area contributed by atoms with Crippen molar-refractivity contribution >= 4 is 50.0 Å². The summed E-state index contributed by atoms with van der Waals surface area (Å²) in [5, 5.41) is 6.61. The van der Waals surface area contributed by atoms with Gasteiger partial charge in [0.15, 0.2) is 16.8 Å². The van der Waals surface area contributed by atoms with Crippen LogP contribution in [-0.2, 0) is 4.74 Å². The number of carbonyl (C=O) groups excluding carboxylic acids is 1. The molecule has 1 saturated heterocycles. The van der Waals surface area contributed by atoms with Gasteiger partial charge >= 0.3 is 0 Å². The number of ether oxygens (including phenoxy) is 1. The minimum absolute atomic E-state index is 0.0872. The number of morpholine rings is 1. The highest BCUT2D eigenvalue weighted by Crippen LogP contribution is 2.31. The summed E-state index contributed by atoms with van der Waals surface area (Å²) >= 11 is 1.30. The topological polar surface area (TPSA) is 95.5 Å². The van der Waals surface area contributed by atoms with E-state index in [0.717, 1.165) is 38.9 Å². The second-order valence-electron chi connectivity index (χ2n) is 8.41. The monoisotopic (exact) mass is 525 g/mol. The average molecular weight is 526 g/mol. The molecule has 1 aromatic carbocycles. The SMILES string of the molecule is CN(c1ccc2nc(Nc3ccc(C(=O)NCCN4CCOCC4)cn3)sc2n1)c1cccc(F)c1F. The van der Waals surface area contributed by atoms with Gasteiger partial charge in [-0.05, 0) is 36.4 Å². The van der Waals surface area contributed by atoms with E-state index in [1.807, 2.05) is 0 Å². The third kappa shape index (κ3) is 5.82. The minimum Gasteiger partial charge on any atom is -0.379 e. The number of hydrogen-bond acceptors (Lipinski definition) is 9. The maximum Gasteiger partial charge on any atom is 0.252 e. The summed E-state index contributed by atoms with van der Waals surface area (Å²) in [6.07, 6.45) is 1.51. The van der Waals surface area contributed by atoms with E-state index in [9.17, 15) is 13.6 Å². The predicted octanol–water partition coefficient (Wildman–Crippen LogP) is 3.94. The Labute approximate surface area is 216 Å². The van der Waals surface area contributed by atoms with Crippen molar-refractivity contribution in [2.45, 2.75) is 0 Å². The van der Waals surface area contributed by atoms with Crippen molar-refractivity contribution in [1.29, 1.82) is 0 Å². The zero-order valence-electron chi connectivity index (χ0n) is 20.1. The van der Waals surface area contributed by atoms with Crippen LogP contribution in [-0.4, -0.2) is 72.2 Å². The predicted molar refractivity (Wildman–Crippen MR) is 139 cm³/mol. The van der Waals surface area contributed by atoms with E-state index in [-0.39, 0.29) is 11.6 Å². The highest BCUT2D eigenvalue weighted by Gasteiger charge is 2.16. The standard InChI is InChI=1S/C25H25F2N7O2S/c1-33(19-4-2-3-17(26)22(19)27)21-8-6-18-24(32-21)37-25(30-18)31-20-7-5-16(15-29-20)23(35)28-9-10-34-11-13-36-14-12-34/h2-8,15H,9-14H2,1H3,(H,28,35)(H,29,30,31). The number of nitrogens with zero attached hydrogens (tertiary/aromatic N) is 5. The smallest absolute Gasteiger partial charge is 0.252 e. The van der Waals surface area contributed by atoms with E-state index in [1.54, 1.807) is 31.3 Å². The largest absolute Gasteiger partial charge is 0.379 e. The second-order valence-corrected chi connectivity index (χ2v) is 9.39. The lowest BCUT2D eigenvalue weighted by atomic mass is 10.2. The fourth-order valence-corrected chi connectivity index (χ4v) is 4.73. The number of fused-ring (bicyclic) bond motifs is 1. The Bertz CT molecular complexity index is 1390. The van der Waals surface area contributed by atoms with Crippen LogP contribution in [0.4, 0.5) is 31.2 Å². The number of rotatable bonds is 8. The fourth-order valence-electron chi connectivity index (χ4n) is 3.89. The van der Waals surface area contributed by atoms with E-state index in [0.29, 0.717) is 39.2 Å². The molecule has 1 amide bonds. The summed E-state index contributed by atoms with van der Waals surface area (Å²) < 4.78 is 33.2. The number of pyridine rings is 2. The molecule has 12 heteroatoms. The summed E-state index contributed by atoms with van der Waals surface area (Å²) in [7, 11) is 1.62. The molecule has 1 aliphatic heterocycles. The van der Waals surface area contributed by atoms with Crippen molar-refractivity contribution in [2.75, 3.05) is 56.7 Å². The maximum absolute atomic E-state index is 14.2. The van der Waals surface area contributed by atoms with E-state index >= 15 is 0 Å². The van der Waals surface area contributed by atoms with Gasteiger partial charge in [-0.25, -0.2) is 23.7 Å². The Morgan fingerprint density at radius 1 is 1.14 bits per heavy atom. The van der Waals surface area contributed by atoms with Gasteiger partial charge in [0.2, 0.25) is 0 Å². The Hall–Kier alpha value is -3.74. The highest BCUT2D eigenvalue weighted by molar-refractivity contribution is 7.21. The summed E-state index contributed by atoms with van der Waals surface area (Å²) in [5.41, 5.74) is 1.21. The number of anilines is 4. The first-order valence-electron chi connectivity index (χ1n) is 11.7. The van der Waals surface area contributed by atoms with Gasteiger partial charge < -0.3 is 20.3 Å². The van der Waals surface area contributed by atoms with Gasteiger partial charge in [0, 0.05) is 39.4 Å². The molecule has 1 fully saturated rings. The summed E-state index contributed by atoms with van der Waals surface area (Å²) in [6.45, 7) is 4.54. The van der Waals surface area contributed by atoms with Crippen molar-refractivity contribution < 1.29 is 18.3 Å². The molecule has 1 aliphatic rings. The van der Waals surface area contributed by atoms with E-state index in [2.05, 4.69) is 30.5 Å². The Kier molecular flexibility index (Phi) is 7.49. The lowest BCUT2D eigenvalue weighted by Gasteiger charge is -2.26. The molecule has 5 rings (SSSR count). The Morgan fingerprint density at radius 3 is 2.76 bits per heavy atom. The molecular weight excluding hydrogens is 500 g/mol. The minimum atomic E-state index is -0.932. The molecule has 2 N–H and O–H groups in total. The molecule has 0 radical (unpaired) electrons. The maximum atomic E-state index is 14.2. The number of amides is 1. The number of nitrogens with one attached hydrogen (secondary N) is 2. The van der Waals surface area contributed by atoms with E-state index in [4.69, 9.17) is 4.74 Å². The van der Waals surface area contributed by atoms with Crippen LogP contribution >= 0.6 is 11.3 Å². The van der Waals surface area contributed by atoms with Crippen LogP contribution in [0.1, 0.15) is 10.4 Å².